The zero-order chi connectivity index (χ0) is 18.7. The van der Waals surface area contributed by atoms with Crippen molar-refractivity contribution >= 4 is 35.0 Å². The molecule has 0 unspecified atom stereocenters. The van der Waals surface area contributed by atoms with Crippen molar-refractivity contribution in [3.05, 3.63) is 57.1 Å². The number of hydrogen-bond donors (Lipinski definition) is 1. The average molecular weight is 377 g/mol. The normalized spacial score (nSPS) is 12.2. The highest BCUT2D eigenvalue weighted by Crippen LogP contribution is 2.38. The van der Waals surface area contributed by atoms with Crippen molar-refractivity contribution < 1.29 is 23.9 Å². The zero-order valence-corrected chi connectivity index (χ0v) is 14.3. The molecule has 1 aliphatic rings. The molecule has 0 aromatic heterocycles. The third-order valence-corrected chi connectivity index (χ3v) is 3.79. The van der Waals surface area contributed by atoms with Gasteiger partial charge in [0.05, 0.1) is 29.4 Å². The molecule has 0 saturated carbocycles. The molecule has 0 aliphatic carbocycles. The van der Waals surface area contributed by atoms with Crippen molar-refractivity contribution in [3.8, 4) is 17.2 Å². The average Bonchev–Trinajstić information content (AvgIpc) is 3.06. The Balaban J connectivity index is 1.83. The van der Waals surface area contributed by atoms with E-state index < -0.39 is 10.8 Å². The molecular formula is C17H13ClN2O6. The van der Waals surface area contributed by atoms with Gasteiger partial charge in [-0.2, -0.15) is 0 Å². The van der Waals surface area contributed by atoms with Crippen LogP contribution >= 0.6 is 11.6 Å². The lowest BCUT2D eigenvalue weighted by atomic mass is 10.1. The molecule has 0 bridgehead atoms. The first-order chi connectivity index (χ1) is 12.5. The van der Waals surface area contributed by atoms with Gasteiger partial charge in [0.25, 0.3) is 5.69 Å². The summed E-state index contributed by atoms with van der Waals surface area (Å²) in [5, 5.41) is 14.3. The Morgan fingerprint density at radius 3 is 2.73 bits per heavy atom. The van der Waals surface area contributed by atoms with E-state index in [0.29, 0.717) is 28.0 Å². The molecule has 1 amide bonds. The van der Waals surface area contributed by atoms with E-state index in [2.05, 4.69) is 5.32 Å². The van der Waals surface area contributed by atoms with Gasteiger partial charge in [0, 0.05) is 11.1 Å². The van der Waals surface area contributed by atoms with E-state index >= 15 is 0 Å². The first kappa shape index (κ1) is 17.6. The SMILES string of the molecule is COc1ccc(Cl)cc1NC(=O)/C=C/c1cc2c(cc1[N+](=O)[O-])OCO2. The summed E-state index contributed by atoms with van der Waals surface area (Å²) < 4.78 is 15.5. The summed E-state index contributed by atoms with van der Waals surface area (Å²) in [7, 11) is 1.46. The summed E-state index contributed by atoms with van der Waals surface area (Å²) >= 11 is 5.91. The number of amides is 1. The van der Waals surface area contributed by atoms with Crippen LogP contribution in [0.1, 0.15) is 5.56 Å². The number of anilines is 1. The minimum Gasteiger partial charge on any atom is -0.495 e. The van der Waals surface area contributed by atoms with Gasteiger partial charge in [-0.05, 0) is 30.3 Å². The lowest BCUT2D eigenvalue weighted by Crippen LogP contribution is -2.09. The molecule has 9 heteroatoms. The Kier molecular flexibility index (Phi) is 4.94. The van der Waals surface area contributed by atoms with Crippen LogP contribution in [0.25, 0.3) is 6.08 Å². The first-order valence-electron chi connectivity index (χ1n) is 7.38. The van der Waals surface area contributed by atoms with Crippen LogP contribution in [-0.2, 0) is 4.79 Å². The number of ether oxygens (including phenoxy) is 3. The molecule has 3 rings (SSSR count). The van der Waals surface area contributed by atoms with Gasteiger partial charge < -0.3 is 19.5 Å². The molecule has 0 spiro atoms. The first-order valence-corrected chi connectivity index (χ1v) is 7.76. The van der Waals surface area contributed by atoms with Crippen LogP contribution in [0.15, 0.2) is 36.4 Å². The van der Waals surface area contributed by atoms with E-state index in [-0.39, 0.29) is 18.0 Å². The zero-order valence-electron chi connectivity index (χ0n) is 13.5. The van der Waals surface area contributed by atoms with Gasteiger partial charge in [0.15, 0.2) is 11.5 Å². The van der Waals surface area contributed by atoms with E-state index in [0.717, 1.165) is 0 Å². The van der Waals surface area contributed by atoms with Crippen LogP contribution in [0.4, 0.5) is 11.4 Å². The molecule has 2 aromatic rings. The predicted molar refractivity (Wildman–Crippen MR) is 94.9 cm³/mol. The van der Waals surface area contributed by atoms with E-state index in [9.17, 15) is 14.9 Å². The maximum Gasteiger partial charge on any atom is 0.280 e. The molecule has 1 aliphatic heterocycles. The molecule has 26 heavy (non-hydrogen) atoms. The Labute approximate surface area is 153 Å². The highest BCUT2D eigenvalue weighted by Gasteiger charge is 2.22. The van der Waals surface area contributed by atoms with Crippen LogP contribution in [0, 0.1) is 10.1 Å². The highest BCUT2D eigenvalue weighted by molar-refractivity contribution is 6.31. The Morgan fingerprint density at radius 1 is 1.31 bits per heavy atom. The maximum atomic E-state index is 12.2. The van der Waals surface area contributed by atoms with Crippen molar-refractivity contribution in [3.63, 3.8) is 0 Å². The van der Waals surface area contributed by atoms with Crippen molar-refractivity contribution in [2.24, 2.45) is 0 Å². The Hall–Kier alpha value is -3.26. The standard InChI is InChI=1S/C17H13ClN2O6/c1-24-14-4-3-11(18)7-12(14)19-17(21)5-2-10-6-15-16(26-9-25-15)8-13(10)20(22)23/h2-8H,9H2,1H3,(H,19,21)/b5-2+. The van der Waals surface area contributed by atoms with Crippen LogP contribution in [0.2, 0.25) is 5.02 Å². The maximum absolute atomic E-state index is 12.2. The number of nitrogens with zero attached hydrogens (tertiary/aromatic N) is 1. The monoisotopic (exact) mass is 376 g/mol. The molecular weight excluding hydrogens is 364 g/mol. The summed E-state index contributed by atoms with van der Waals surface area (Å²) in [5.74, 6) is 0.608. The van der Waals surface area contributed by atoms with Gasteiger partial charge in [-0.3, -0.25) is 14.9 Å². The fourth-order valence-corrected chi connectivity index (χ4v) is 2.53. The van der Waals surface area contributed by atoms with Gasteiger partial charge in [-0.1, -0.05) is 11.6 Å². The van der Waals surface area contributed by atoms with E-state index in [1.807, 2.05) is 0 Å². The predicted octanol–water partition coefficient (Wildman–Crippen LogP) is 3.64. The number of benzene rings is 2. The lowest BCUT2D eigenvalue weighted by molar-refractivity contribution is -0.385. The number of nitro benzene ring substituents is 1. The second kappa shape index (κ2) is 7.32. The summed E-state index contributed by atoms with van der Waals surface area (Å²) in [6, 6.07) is 7.49. The highest BCUT2D eigenvalue weighted by atomic mass is 35.5. The molecule has 1 N–H and O–H groups in total. The fourth-order valence-electron chi connectivity index (χ4n) is 2.36. The number of nitro groups is 1. The second-order valence-electron chi connectivity index (χ2n) is 5.19. The van der Waals surface area contributed by atoms with Crippen molar-refractivity contribution in [1.82, 2.24) is 0 Å². The molecule has 8 nitrogen and oxygen atoms in total. The minimum absolute atomic E-state index is 0.00526. The molecule has 0 radical (unpaired) electrons. The smallest absolute Gasteiger partial charge is 0.280 e. The summed E-state index contributed by atoms with van der Waals surface area (Å²) in [4.78, 5) is 22.8. The number of fused-ring (bicyclic) bond motifs is 1. The van der Waals surface area contributed by atoms with Gasteiger partial charge in [0.2, 0.25) is 12.7 Å². The quantitative estimate of drug-likeness (QED) is 0.486. The van der Waals surface area contributed by atoms with Gasteiger partial charge in [0.1, 0.15) is 5.75 Å². The van der Waals surface area contributed by atoms with Crippen molar-refractivity contribution in [2.45, 2.75) is 0 Å². The molecule has 2 aromatic carbocycles. The van der Waals surface area contributed by atoms with Crippen molar-refractivity contribution in [2.75, 3.05) is 19.2 Å². The number of hydrogen-bond acceptors (Lipinski definition) is 6. The van der Waals surface area contributed by atoms with Crippen LogP contribution in [0.5, 0.6) is 17.2 Å². The fraction of sp³-hybridized carbons (Fsp3) is 0.118. The number of carbonyl (C=O) groups excluding carboxylic acids is 1. The number of methoxy groups -OCH3 is 1. The Morgan fingerprint density at radius 2 is 2.04 bits per heavy atom. The van der Waals surface area contributed by atoms with Gasteiger partial charge in [-0.15, -0.1) is 0 Å². The van der Waals surface area contributed by atoms with E-state index in [1.54, 1.807) is 12.1 Å². The third kappa shape index (κ3) is 3.70. The molecule has 0 saturated heterocycles. The number of carbonyl (C=O) groups is 1. The van der Waals surface area contributed by atoms with Gasteiger partial charge >= 0.3 is 0 Å². The van der Waals surface area contributed by atoms with Crippen LogP contribution in [0.3, 0.4) is 0 Å². The summed E-state index contributed by atoms with van der Waals surface area (Å²) in [6.07, 6.45) is 2.50. The molecule has 0 fully saturated rings. The third-order valence-electron chi connectivity index (χ3n) is 3.55. The number of halogens is 1. The minimum atomic E-state index is -0.556. The summed E-state index contributed by atoms with van der Waals surface area (Å²) in [6.45, 7) is -0.00526. The largest absolute Gasteiger partial charge is 0.495 e. The summed E-state index contributed by atoms with van der Waals surface area (Å²) in [5.41, 5.74) is 0.404. The van der Waals surface area contributed by atoms with Crippen molar-refractivity contribution in [1.29, 1.82) is 0 Å². The lowest BCUT2D eigenvalue weighted by Gasteiger charge is -2.09. The van der Waals surface area contributed by atoms with Crippen LogP contribution in [-0.4, -0.2) is 24.7 Å². The molecule has 1 heterocycles. The molecule has 134 valence electrons. The second-order valence-corrected chi connectivity index (χ2v) is 5.63. The number of nitrogens with one attached hydrogen (secondary N) is 1. The van der Waals surface area contributed by atoms with E-state index in [1.165, 1.54) is 37.5 Å². The van der Waals surface area contributed by atoms with Gasteiger partial charge in [-0.25, -0.2) is 0 Å². The molecule has 0 atom stereocenters. The number of rotatable bonds is 5. The Bertz CT molecular complexity index is 912. The van der Waals surface area contributed by atoms with E-state index in [4.69, 9.17) is 25.8 Å². The van der Waals surface area contributed by atoms with Crippen LogP contribution < -0.4 is 19.5 Å². The topological polar surface area (TPSA) is 99.9 Å².